The first-order valence-corrected chi connectivity index (χ1v) is 6.86. The van der Waals surface area contributed by atoms with Crippen molar-refractivity contribution in [3.63, 3.8) is 0 Å². The standard InChI is InChI=1S/C17H14ClFO2/c18-16-9-7-13(10-17(16)19)6-8-15(11-21-12-20)14-4-2-1-3-5-14/h1-5,7,9-12H,6,8H2. The molecule has 2 aromatic carbocycles. The van der Waals surface area contributed by atoms with Crippen LogP contribution in [0.2, 0.25) is 5.02 Å². The normalized spacial score (nSPS) is 11.2. The zero-order valence-corrected chi connectivity index (χ0v) is 12.0. The van der Waals surface area contributed by atoms with E-state index < -0.39 is 5.82 Å². The molecule has 0 aliphatic heterocycles. The molecule has 0 saturated carbocycles. The van der Waals surface area contributed by atoms with Gasteiger partial charge >= 0.3 is 0 Å². The van der Waals surface area contributed by atoms with E-state index in [1.807, 2.05) is 30.3 Å². The SMILES string of the molecule is O=COC=C(CCc1ccc(Cl)c(F)c1)c1ccccc1. The lowest BCUT2D eigenvalue weighted by Crippen LogP contribution is -1.92. The Labute approximate surface area is 127 Å². The number of rotatable bonds is 6. The van der Waals surface area contributed by atoms with E-state index in [9.17, 15) is 9.18 Å². The number of aryl methyl sites for hydroxylation is 1. The first-order valence-electron chi connectivity index (χ1n) is 6.48. The summed E-state index contributed by atoms with van der Waals surface area (Å²) < 4.78 is 18.2. The molecule has 0 radical (unpaired) electrons. The number of allylic oxidation sites excluding steroid dienone is 1. The summed E-state index contributed by atoms with van der Waals surface area (Å²) >= 11 is 5.66. The van der Waals surface area contributed by atoms with Crippen LogP contribution in [0, 0.1) is 5.82 Å². The molecule has 2 aromatic rings. The zero-order valence-electron chi connectivity index (χ0n) is 11.3. The van der Waals surface area contributed by atoms with Crippen LogP contribution in [0.25, 0.3) is 5.57 Å². The molecule has 2 nitrogen and oxygen atoms in total. The fraction of sp³-hybridized carbons (Fsp3) is 0.118. The highest BCUT2D eigenvalue weighted by molar-refractivity contribution is 6.30. The fourth-order valence-electron chi connectivity index (χ4n) is 2.01. The predicted octanol–water partition coefficient (Wildman–Crippen LogP) is 4.63. The van der Waals surface area contributed by atoms with E-state index in [1.54, 1.807) is 12.1 Å². The quantitative estimate of drug-likeness (QED) is 0.574. The third kappa shape index (κ3) is 4.43. The summed E-state index contributed by atoms with van der Waals surface area (Å²) in [6, 6.07) is 14.3. The van der Waals surface area contributed by atoms with Gasteiger partial charge in [-0.15, -0.1) is 0 Å². The van der Waals surface area contributed by atoms with Crippen molar-refractivity contribution in [1.29, 1.82) is 0 Å². The average Bonchev–Trinajstić information content (AvgIpc) is 2.51. The zero-order chi connectivity index (χ0) is 15.1. The van der Waals surface area contributed by atoms with Crippen molar-refractivity contribution in [1.82, 2.24) is 0 Å². The Hall–Kier alpha value is -2.13. The minimum Gasteiger partial charge on any atom is -0.436 e. The van der Waals surface area contributed by atoms with Crippen LogP contribution in [-0.4, -0.2) is 6.47 Å². The Bertz CT molecular complexity index is 638. The lowest BCUT2D eigenvalue weighted by molar-refractivity contribution is -0.123. The van der Waals surface area contributed by atoms with Crippen molar-refractivity contribution >= 4 is 23.6 Å². The second kappa shape index (κ2) is 7.60. The van der Waals surface area contributed by atoms with Crippen LogP contribution in [0.5, 0.6) is 0 Å². The Morgan fingerprint density at radius 3 is 2.62 bits per heavy atom. The van der Waals surface area contributed by atoms with E-state index in [0.717, 1.165) is 16.7 Å². The molecule has 0 unspecified atom stereocenters. The van der Waals surface area contributed by atoms with Gasteiger partial charge in [0.25, 0.3) is 6.47 Å². The lowest BCUT2D eigenvalue weighted by atomic mass is 9.99. The van der Waals surface area contributed by atoms with Crippen LogP contribution in [0.4, 0.5) is 4.39 Å². The third-order valence-corrected chi connectivity index (χ3v) is 3.38. The van der Waals surface area contributed by atoms with Crippen LogP contribution in [-0.2, 0) is 16.0 Å². The smallest absolute Gasteiger partial charge is 0.297 e. The molecular weight excluding hydrogens is 291 g/mol. The molecule has 108 valence electrons. The van der Waals surface area contributed by atoms with Crippen LogP contribution < -0.4 is 0 Å². The molecule has 0 spiro atoms. The number of benzene rings is 2. The number of hydrogen-bond donors (Lipinski definition) is 0. The Morgan fingerprint density at radius 2 is 1.95 bits per heavy atom. The molecule has 0 amide bonds. The van der Waals surface area contributed by atoms with Gasteiger partial charge in [-0.05, 0) is 41.7 Å². The number of halogens is 2. The first kappa shape index (κ1) is 15.3. The monoisotopic (exact) mass is 304 g/mol. The molecule has 0 aliphatic rings. The van der Waals surface area contributed by atoms with Gasteiger partial charge in [0.2, 0.25) is 0 Å². The molecule has 0 saturated heterocycles. The van der Waals surface area contributed by atoms with Gasteiger partial charge in [-0.3, -0.25) is 4.79 Å². The molecule has 0 aliphatic carbocycles. The topological polar surface area (TPSA) is 26.3 Å². The second-order valence-corrected chi connectivity index (χ2v) is 4.90. The van der Waals surface area contributed by atoms with Crippen molar-refractivity contribution in [2.45, 2.75) is 12.8 Å². The molecule has 0 bridgehead atoms. The van der Waals surface area contributed by atoms with Crippen molar-refractivity contribution in [2.75, 3.05) is 0 Å². The number of carbonyl (C=O) groups is 1. The van der Waals surface area contributed by atoms with Gasteiger partial charge in [0, 0.05) is 0 Å². The number of carbonyl (C=O) groups excluding carboxylic acids is 1. The minimum atomic E-state index is -0.427. The van der Waals surface area contributed by atoms with Gasteiger partial charge in [0.15, 0.2) is 0 Å². The molecule has 0 heterocycles. The van der Waals surface area contributed by atoms with Crippen molar-refractivity contribution in [3.8, 4) is 0 Å². The van der Waals surface area contributed by atoms with Crippen molar-refractivity contribution in [3.05, 3.63) is 76.8 Å². The maximum absolute atomic E-state index is 13.4. The molecular formula is C17H14ClFO2. The van der Waals surface area contributed by atoms with Crippen LogP contribution in [0.3, 0.4) is 0 Å². The summed E-state index contributed by atoms with van der Waals surface area (Å²) in [4.78, 5) is 10.4. The summed E-state index contributed by atoms with van der Waals surface area (Å²) in [7, 11) is 0. The summed E-state index contributed by atoms with van der Waals surface area (Å²) in [6.45, 7) is 0.380. The Kier molecular flexibility index (Phi) is 5.52. The summed E-state index contributed by atoms with van der Waals surface area (Å²) in [5, 5.41) is 0.113. The molecule has 4 heteroatoms. The Balaban J connectivity index is 2.12. The van der Waals surface area contributed by atoms with Crippen LogP contribution in [0.1, 0.15) is 17.5 Å². The van der Waals surface area contributed by atoms with Gasteiger partial charge in [-0.2, -0.15) is 0 Å². The molecule has 0 N–H and O–H groups in total. The molecule has 0 aromatic heterocycles. The van der Waals surface area contributed by atoms with Crippen molar-refractivity contribution in [2.24, 2.45) is 0 Å². The highest BCUT2D eigenvalue weighted by Gasteiger charge is 2.05. The minimum absolute atomic E-state index is 0.113. The lowest BCUT2D eigenvalue weighted by Gasteiger charge is -2.08. The summed E-state index contributed by atoms with van der Waals surface area (Å²) in [5.41, 5.74) is 2.68. The van der Waals surface area contributed by atoms with Gasteiger partial charge in [0.1, 0.15) is 5.82 Å². The fourth-order valence-corrected chi connectivity index (χ4v) is 2.13. The van der Waals surface area contributed by atoms with Crippen LogP contribution >= 0.6 is 11.6 Å². The van der Waals surface area contributed by atoms with E-state index in [-0.39, 0.29) is 5.02 Å². The van der Waals surface area contributed by atoms with Crippen molar-refractivity contribution < 1.29 is 13.9 Å². The van der Waals surface area contributed by atoms with E-state index in [0.29, 0.717) is 19.3 Å². The van der Waals surface area contributed by atoms with E-state index in [1.165, 1.54) is 12.3 Å². The average molecular weight is 305 g/mol. The van der Waals surface area contributed by atoms with E-state index in [4.69, 9.17) is 16.3 Å². The number of hydrogen-bond acceptors (Lipinski definition) is 2. The van der Waals surface area contributed by atoms with E-state index in [2.05, 4.69) is 0 Å². The molecule has 21 heavy (non-hydrogen) atoms. The predicted molar refractivity (Wildman–Crippen MR) is 81.3 cm³/mol. The maximum Gasteiger partial charge on any atom is 0.297 e. The highest BCUT2D eigenvalue weighted by atomic mass is 35.5. The molecule has 0 atom stereocenters. The second-order valence-electron chi connectivity index (χ2n) is 4.49. The van der Waals surface area contributed by atoms with E-state index >= 15 is 0 Å². The first-order chi connectivity index (χ1) is 10.2. The largest absolute Gasteiger partial charge is 0.436 e. The van der Waals surface area contributed by atoms with Crippen LogP contribution in [0.15, 0.2) is 54.8 Å². The summed E-state index contributed by atoms with van der Waals surface area (Å²) in [6.07, 6.45) is 2.67. The molecule has 0 fully saturated rings. The highest BCUT2D eigenvalue weighted by Crippen LogP contribution is 2.22. The molecule has 2 rings (SSSR count). The number of ether oxygens (including phenoxy) is 1. The third-order valence-electron chi connectivity index (χ3n) is 3.08. The Morgan fingerprint density at radius 1 is 1.19 bits per heavy atom. The van der Waals surface area contributed by atoms with Gasteiger partial charge in [-0.25, -0.2) is 4.39 Å². The van der Waals surface area contributed by atoms with Gasteiger partial charge < -0.3 is 4.74 Å². The van der Waals surface area contributed by atoms with Gasteiger partial charge in [-0.1, -0.05) is 48.0 Å². The summed E-state index contributed by atoms with van der Waals surface area (Å²) in [5.74, 6) is -0.427. The maximum atomic E-state index is 13.4. The van der Waals surface area contributed by atoms with Gasteiger partial charge in [0.05, 0.1) is 11.3 Å².